The minimum Gasteiger partial charge on any atom is -0.449 e. The normalized spacial score (nSPS) is 21.2. The van der Waals surface area contributed by atoms with Gasteiger partial charge in [0.05, 0.1) is 0 Å². The highest BCUT2D eigenvalue weighted by molar-refractivity contribution is 6.37. The van der Waals surface area contributed by atoms with Crippen molar-refractivity contribution in [2.75, 3.05) is 0 Å². The second kappa shape index (κ2) is 9.27. The molecule has 0 aromatic carbocycles. The molecule has 3 rings (SSSR count). The molecule has 4 heteroatoms. The van der Waals surface area contributed by atoms with Crippen LogP contribution in [0, 0.1) is 17.8 Å². The van der Waals surface area contributed by atoms with Gasteiger partial charge in [0.25, 0.3) is 0 Å². The first kappa shape index (κ1) is 23.1. The van der Waals surface area contributed by atoms with Gasteiger partial charge in [-0.1, -0.05) is 41.5 Å². The van der Waals surface area contributed by atoms with E-state index in [0.29, 0.717) is 17.8 Å². The van der Waals surface area contributed by atoms with E-state index < -0.39 is 15.1 Å². The van der Waals surface area contributed by atoms with E-state index in [2.05, 4.69) is 41.5 Å². The summed E-state index contributed by atoms with van der Waals surface area (Å²) in [5, 5.41) is 0. The van der Waals surface area contributed by atoms with Crippen molar-refractivity contribution >= 4 is 15.1 Å². The molecular weight excluding hydrogens is 363 g/mol. The summed E-state index contributed by atoms with van der Waals surface area (Å²) < 4.78 is 21.1. The van der Waals surface area contributed by atoms with E-state index in [1.54, 1.807) is 0 Å². The molecule has 0 heterocycles. The summed E-state index contributed by atoms with van der Waals surface area (Å²) in [6.45, 7) is 13.8. The number of hydrogen-bond acceptors (Lipinski definition) is 3. The summed E-state index contributed by atoms with van der Waals surface area (Å²) in [6.07, 6.45) is 14.3. The molecule has 0 aromatic rings. The molecule has 0 bridgehead atoms. The number of rotatable bonds is 15. The Kier molecular flexibility index (Phi) is 7.64. The van der Waals surface area contributed by atoms with Gasteiger partial charge in [0.1, 0.15) is 0 Å². The Morgan fingerprint density at radius 3 is 0.857 bits per heavy atom. The van der Waals surface area contributed by atoms with Crippen molar-refractivity contribution in [1.29, 1.82) is 0 Å². The maximum atomic E-state index is 7.03. The average Bonchev–Trinajstić information content (AvgIpc) is 3.56. The second-order valence-electron chi connectivity index (χ2n) is 9.78. The highest BCUT2D eigenvalue weighted by atomic mass is 27.3. The molecule has 3 aliphatic carbocycles. The summed E-state index contributed by atoms with van der Waals surface area (Å²) in [5.74, 6) is 2.13. The van der Waals surface area contributed by atoms with Gasteiger partial charge in [-0.15, -0.1) is 0 Å². The van der Waals surface area contributed by atoms with Crippen LogP contribution < -0.4 is 0 Å². The van der Waals surface area contributed by atoms with Crippen LogP contribution in [0.3, 0.4) is 0 Å². The fourth-order valence-electron chi connectivity index (χ4n) is 5.75. The van der Waals surface area contributed by atoms with Crippen LogP contribution in [-0.4, -0.2) is 32.0 Å². The van der Waals surface area contributed by atoms with Crippen molar-refractivity contribution < 1.29 is 11.4 Å². The minimum absolute atomic E-state index is 0.0234. The monoisotopic (exact) mass is 408 g/mol. The first-order valence-electron chi connectivity index (χ1n) is 12.5. The fourth-order valence-corrected chi connectivity index (χ4v) is 8.62. The fraction of sp³-hybridized carbons (Fsp3) is 1.00. The topological polar surface area (TPSA) is 27.7 Å². The van der Waals surface area contributed by atoms with E-state index in [1.165, 1.54) is 38.5 Å². The summed E-state index contributed by atoms with van der Waals surface area (Å²) in [7, 11) is 0. The Labute approximate surface area is 179 Å². The van der Waals surface area contributed by atoms with E-state index in [4.69, 9.17) is 11.4 Å². The Bertz CT molecular complexity index is 413. The third kappa shape index (κ3) is 4.67. The van der Waals surface area contributed by atoms with Crippen molar-refractivity contribution in [3.05, 3.63) is 0 Å². The van der Waals surface area contributed by atoms with Crippen LogP contribution in [0.5, 0.6) is 0 Å². The van der Waals surface area contributed by atoms with E-state index in [-0.39, 0.29) is 16.8 Å². The van der Waals surface area contributed by atoms with E-state index in [0.717, 1.165) is 38.5 Å². The lowest BCUT2D eigenvalue weighted by Crippen LogP contribution is -2.52. The van der Waals surface area contributed by atoms with Gasteiger partial charge in [-0.25, -0.2) is 0 Å². The van der Waals surface area contributed by atoms with Crippen molar-refractivity contribution in [2.24, 2.45) is 17.8 Å². The molecule has 0 radical (unpaired) electrons. The molecule has 0 aliphatic heterocycles. The van der Waals surface area contributed by atoms with Crippen LogP contribution in [0.1, 0.15) is 119 Å². The van der Waals surface area contributed by atoms with E-state index >= 15 is 0 Å². The Morgan fingerprint density at radius 1 is 0.500 bits per heavy atom. The maximum absolute atomic E-state index is 7.03. The van der Waals surface area contributed by atoms with Crippen molar-refractivity contribution in [3.63, 3.8) is 0 Å². The summed E-state index contributed by atoms with van der Waals surface area (Å²) in [4.78, 5) is 0. The average molecular weight is 409 g/mol. The van der Waals surface area contributed by atoms with Crippen LogP contribution in [0.2, 0.25) is 0 Å². The van der Waals surface area contributed by atoms with Gasteiger partial charge in [-0.05, 0) is 94.8 Å². The quantitative estimate of drug-likeness (QED) is 0.275. The maximum Gasteiger partial charge on any atom is 0.906 e. The van der Waals surface area contributed by atoms with Crippen LogP contribution in [0.4, 0.5) is 0 Å². The third-order valence-corrected chi connectivity index (χ3v) is 10.5. The Hall–Kier alpha value is 0.412. The highest BCUT2D eigenvalue weighted by Crippen LogP contribution is 2.51. The molecule has 0 spiro atoms. The van der Waals surface area contributed by atoms with Gasteiger partial charge in [0, 0.05) is 16.8 Å². The molecule has 0 unspecified atom stereocenters. The van der Waals surface area contributed by atoms with Gasteiger partial charge in [-0.3, -0.25) is 0 Å². The summed E-state index contributed by atoms with van der Waals surface area (Å²) in [5.41, 5.74) is -0.0701. The van der Waals surface area contributed by atoms with Crippen molar-refractivity contribution in [1.82, 2.24) is 0 Å². The highest BCUT2D eigenvalue weighted by Gasteiger charge is 2.57. The van der Waals surface area contributed by atoms with Gasteiger partial charge in [0.2, 0.25) is 0 Å². The smallest absolute Gasteiger partial charge is 0.449 e. The molecule has 0 aromatic heterocycles. The lowest BCUT2D eigenvalue weighted by molar-refractivity contribution is -0.114. The standard InChI is InChI=1S/3C8H15O.Al/c3*1-3-8(9,4-2)7-5-6-7;/h3*7H,3-6H2,1-2H3;/q3*-1;+3. The Morgan fingerprint density at radius 2 is 0.714 bits per heavy atom. The van der Waals surface area contributed by atoms with Crippen LogP contribution in [0.15, 0.2) is 0 Å². The van der Waals surface area contributed by atoms with Crippen LogP contribution in [-0.2, 0) is 11.4 Å². The van der Waals surface area contributed by atoms with Gasteiger partial charge >= 0.3 is 15.1 Å². The molecule has 0 amide bonds. The molecule has 3 saturated carbocycles. The molecular formula is C24H45AlO3. The molecule has 3 aliphatic rings. The van der Waals surface area contributed by atoms with Gasteiger partial charge in [0.15, 0.2) is 0 Å². The SMILES string of the molecule is CCC(CC)([O][Al]([O]C(CC)(CC)C1CC1)[O]C(CC)(CC)C1CC1)C1CC1. The molecule has 0 atom stereocenters. The van der Waals surface area contributed by atoms with Crippen LogP contribution >= 0.6 is 0 Å². The first-order chi connectivity index (χ1) is 13.5. The molecule has 0 N–H and O–H groups in total. The van der Waals surface area contributed by atoms with Crippen LogP contribution in [0.25, 0.3) is 0 Å². The Balaban J connectivity index is 1.84. The van der Waals surface area contributed by atoms with E-state index in [1.807, 2.05) is 0 Å². The molecule has 162 valence electrons. The number of hydrogen-bond donors (Lipinski definition) is 0. The third-order valence-electron chi connectivity index (χ3n) is 8.55. The zero-order valence-corrected chi connectivity index (χ0v) is 20.7. The first-order valence-corrected chi connectivity index (χ1v) is 13.9. The van der Waals surface area contributed by atoms with Gasteiger partial charge < -0.3 is 11.4 Å². The largest absolute Gasteiger partial charge is 0.906 e. The lowest BCUT2D eigenvalue weighted by Gasteiger charge is -2.43. The lowest BCUT2D eigenvalue weighted by atomic mass is 9.92. The zero-order valence-electron chi connectivity index (χ0n) is 19.5. The molecule has 0 saturated heterocycles. The predicted molar refractivity (Wildman–Crippen MR) is 117 cm³/mol. The molecule has 28 heavy (non-hydrogen) atoms. The summed E-state index contributed by atoms with van der Waals surface area (Å²) >= 11 is -2.26. The van der Waals surface area contributed by atoms with Crippen molar-refractivity contribution in [3.8, 4) is 0 Å². The van der Waals surface area contributed by atoms with Crippen molar-refractivity contribution in [2.45, 2.75) is 135 Å². The molecule has 3 nitrogen and oxygen atoms in total. The van der Waals surface area contributed by atoms with Gasteiger partial charge in [-0.2, -0.15) is 0 Å². The predicted octanol–water partition coefficient (Wildman–Crippen LogP) is 6.93. The van der Waals surface area contributed by atoms with E-state index in [9.17, 15) is 0 Å². The zero-order chi connectivity index (χ0) is 20.4. The molecule has 3 fully saturated rings. The summed E-state index contributed by atoms with van der Waals surface area (Å²) in [6, 6.07) is 0. The minimum atomic E-state index is -2.26. The second-order valence-corrected chi connectivity index (χ2v) is 11.1.